The van der Waals surface area contributed by atoms with Crippen LogP contribution in [0.1, 0.15) is 35.3 Å². The molecular weight excluding hydrogens is 438 g/mol. The van der Waals surface area contributed by atoms with Gasteiger partial charge in [-0.05, 0) is 76.0 Å². The summed E-state index contributed by atoms with van der Waals surface area (Å²) in [6, 6.07) is 7.43. The molecule has 178 valence electrons. The van der Waals surface area contributed by atoms with Crippen molar-refractivity contribution < 1.29 is 4.79 Å². The first-order chi connectivity index (χ1) is 17.0. The van der Waals surface area contributed by atoms with Gasteiger partial charge in [0.1, 0.15) is 0 Å². The van der Waals surface area contributed by atoms with Gasteiger partial charge in [-0.3, -0.25) is 14.8 Å². The molecule has 1 fully saturated rings. The van der Waals surface area contributed by atoms with Crippen LogP contribution in [-0.2, 0) is 0 Å². The standard InChI is InChI=1S/C27H29N7O/c1-18-25(33-27-29-12-9-24(32-27)20-4-3-11-28-15-20)14-22(16-30-18)26(35)31-23-7-5-19(6-8-23)21-10-13-34(2)17-21/h3-5,7,9,11-12,14-16,21H,6,8,10,13,17H2,1-2H3,(H,31,35)(H,29,32,33). The van der Waals surface area contributed by atoms with Crippen LogP contribution in [0.4, 0.5) is 11.6 Å². The lowest BCUT2D eigenvalue weighted by Crippen LogP contribution is -2.24. The molecule has 0 aromatic carbocycles. The van der Waals surface area contributed by atoms with Crippen LogP contribution < -0.4 is 10.6 Å². The zero-order chi connectivity index (χ0) is 24.2. The van der Waals surface area contributed by atoms with Crippen LogP contribution in [0.3, 0.4) is 0 Å². The molecule has 1 aliphatic carbocycles. The molecule has 1 saturated heterocycles. The smallest absolute Gasteiger partial charge is 0.257 e. The highest BCUT2D eigenvalue weighted by atomic mass is 16.1. The molecule has 8 nitrogen and oxygen atoms in total. The molecule has 1 atom stereocenters. The minimum atomic E-state index is -0.172. The Bertz CT molecular complexity index is 1290. The second-order valence-electron chi connectivity index (χ2n) is 9.12. The summed E-state index contributed by atoms with van der Waals surface area (Å²) in [6.07, 6.45) is 14.1. The van der Waals surface area contributed by atoms with Crippen molar-refractivity contribution in [2.45, 2.75) is 26.2 Å². The molecule has 2 N–H and O–H groups in total. The number of hydrogen-bond acceptors (Lipinski definition) is 7. The highest BCUT2D eigenvalue weighted by molar-refractivity contribution is 5.96. The third-order valence-electron chi connectivity index (χ3n) is 6.58. The number of aryl methyl sites for hydroxylation is 1. The zero-order valence-electron chi connectivity index (χ0n) is 20.0. The number of likely N-dealkylation sites (tertiary alicyclic amines) is 1. The summed E-state index contributed by atoms with van der Waals surface area (Å²) >= 11 is 0. The third-order valence-corrected chi connectivity index (χ3v) is 6.58. The maximum Gasteiger partial charge on any atom is 0.257 e. The molecule has 3 aromatic rings. The Hall–Kier alpha value is -3.91. The van der Waals surface area contributed by atoms with Crippen molar-refractivity contribution in [3.63, 3.8) is 0 Å². The highest BCUT2D eigenvalue weighted by Gasteiger charge is 2.24. The van der Waals surface area contributed by atoms with Crippen LogP contribution in [-0.4, -0.2) is 50.9 Å². The number of anilines is 2. The SMILES string of the molecule is Cc1ncc(C(=O)NC2=CC=C(C3CCN(C)C3)CC2)cc1Nc1nccc(-c2cccnc2)n1. The summed E-state index contributed by atoms with van der Waals surface area (Å²) in [5, 5.41) is 6.27. The average Bonchev–Trinajstić information content (AvgIpc) is 3.32. The van der Waals surface area contributed by atoms with Crippen LogP contribution in [0, 0.1) is 12.8 Å². The number of rotatable bonds is 6. The van der Waals surface area contributed by atoms with E-state index in [1.165, 1.54) is 12.0 Å². The number of carbonyl (C=O) groups is 1. The van der Waals surface area contributed by atoms with Crippen molar-refractivity contribution >= 4 is 17.5 Å². The number of aromatic nitrogens is 4. The van der Waals surface area contributed by atoms with Crippen molar-refractivity contribution in [2.24, 2.45) is 5.92 Å². The fourth-order valence-corrected chi connectivity index (χ4v) is 4.55. The summed E-state index contributed by atoms with van der Waals surface area (Å²) in [5.74, 6) is 0.899. The van der Waals surface area contributed by atoms with E-state index in [1.807, 2.05) is 31.2 Å². The van der Waals surface area contributed by atoms with Crippen molar-refractivity contribution in [1.82, 2.24) is 30.2 Å². The first-order valence-electron chi connectivity index (χ1n) is 11.9. The summed E-state index contributed by atoms with van der Waals surface area (Å²) in [5.41, 5.74) is 6.01. The van der Waals surface area contributed by atoms with Crippen LogP contribution in [0.15, 0.2) is 72.5 Å². The van der Waals surface area contributed by atoms with Crippen LogP contribution in [0.5, 0.6) is 0 Å². The Morgan fingerprint density at radius 3 is 2.77 bits per heavy atom. The molecule has 3 aromatic heterocycles. The first kappa shape index (κ1) is 22.9. The van der Waals surface area contributed by atoms with Crippen LogP contribution in [0.25, 0.3) is 11.3 Å². The minimum absolute atomic E-state index is 0.172. The Balaban J connectivity index is 1.28. The number of amides is 1. The largest absolute Gasteiger partial charge is 0.326 e. The zero-order valence-corrected chi connectivity index (χ0v) is 20.0. The van der Waals surface area contributed by atoms with Gasteiger partial charge in [0.2, 0.25) is 5.95 Å². The Morgan fingerprint density at radius 1 is 1.11 bits per heavy atom. The molecule has 5 rings (SSSR count). The van der Waals surface area contributed by atoms with Gasteiger partial charge < -0.3 is 15.5 Å². The van der Waals surface area contributed by atoms with E-state index < -0.39 is 0 Å². The normalized spacial score (nSPS) is 18.1. The molecule has 35 heavy (non-hydrogen) atoms. The van der Waals surface area contributed by atoms with E-state index in [-0.39, 0.29) is 5.91 Å². The fraction of sp³-hybridized carbons (Fsp3) is 0.296. The molecule has 1 unspecified atom stereocenters. The first-order valence-corrected chi connectivity index (χ1v) is 11.9. The van der Waals surface area contributed by atoms with Gasteiger partial charge in [0.25, 0.3) is 5.91 Å². The maximum absolute atomic E-state index is 13.0. The molecule has 4 heterocycles. The van der Waals surface area contributed by atoms with Gasteiger partial charge in [0.05, 0.1) is 22.6 Å². The van der Waals surface area contributed by atoms with Gasteiger partial charge in [0, 0.05) is 42.6 Å². The molecule has 8 heteroatoms. The van der Waals surface area contributed by atoms with E-state index in [2.05, 4.69) is 48.6 Å². The van der Waals surface area contributed by atoms with Crippen molar-refractivity contribution in [2.75, 3.05) is 25.5 Å². The van der Waals surface area contributed by atoms with Gasteiger partial charge >= 0.3 is 0 Å². The number of pyridine rings is 2. The summed E-state index contributed by atoms with van der Waals surface area (Å²) in [7, 11) is 2.17. The Morgan fingerprint density at radius 2 is 2.03 bits per heavy atom. The van der Waals surface area contributed by atoms with Crippen LogP contribution in [0.2, 0.25) is 0 Å². The number of hydrogen-bond donors (Lipinski definition) is 2. The predicted molar refractivity (Wildman–Crippen MR) is 136 cm³/mol. The summed E-state index contributed by atoms with van der Waals surface area (Å²) < 4.78 is 0. The quantitative estimate of drug-likeness (QED) is 0.559. The van der Waals surface area contributed by atoms with Crippen molar-refractivity contribution in [3.05, 3.63) is 83.7 Å². The summed E-state index contributed by atoms with van der Waals surface area (Å²) in [6.45, 7) is 4.16. The van der Waals surface area contributed by atoms with Crippen molar-refractivity contribution in [3.8, 4) is 11.3 Å². The molecule has 0 saturated carbocycles. The van der Waals surface area contributed by atoms with E-state index in [9.17, 15) is 4.79 Å². The van der Waals surface area contributed by atoms with E-state index in [1.54, 1.807) is 30.9 Å². The number of allylic oxidation sites excluding steroid dienone is 3. The van der Waals surface area contributed by atoms with Gasteiger partial charge in [-0.2, -0.15) is 0 Å². The predicted octanol–water partition coefficient (Wildman–Crippen LogP) is 4.27. The molecule has 0 bridgehead atoms. The number of nitrogens with one attached hydrogen (secondary N) is 2. The third kappa shape index (κ3) is 5.44. The topological polar surface area (TPSA) is 95.9 Å². The van der Waals surface area contributed by atoms with Gasteiger partial charge in [-0.1, -0.05) is 11.6 Å². The average molecular weight is 468 g/mol. The van der Waals surface area contributed by atoms with E-state index in [4.69, 9.17) is 0 Å². The fourth-order valence-electron chi connectivity index (χ4n) is 4.55. The van der Waals surface area contributed by atoms with Gasteiger partial charge in [-0.25, -0.2) is 9.97 Å². The highest BCUT2D eigenvalue weighted by Crippen LogP contribution is 2.30. The number of nitrogens with zero attached hydrogens (tertiary/aromatic N) is 5. The Labute approximate surface area is 205 Å². The summed E-state index contributed by atoms with van der Waals surface area (Å²) in [4.78, 5) is 32.8. The van der Waals surface area contributed by atoms with E-state index >= 15 is 0 Å². The monoisotopic (exact) mass is 467 g/mol. The second kappa shape index (κ2) is 10.1. The van der Waals surface area contributed by atoms with E-state index in [0.29, 0.717) is 23.1 Å². The molecular formula is C27H29N7O. The minimum Gasteiger partial charge on any atom is -0.326 e. The number of carbonyl (C=O) groups excluding carboxylic acids is 1. The maximum atomic E-state index is 13.0. The Kier molecular flexibility index (Phi) is 6.63. The molecule has 0 spiro atoms. The van der Waals surface area contributed by atoms with Gasteiger partial charge in [0.15, 0.2) is 0 Å². The lowest BCUT2D eigenvalue weighted by Gasteiger charge is -2.20. The van der Waals surface area contributed by atoms with Crippen molar-refractivity contribution in [1.29, 1.82) is 0 Å². The lowest BCUT2D eigenvalue weighted by atomic mass is 9.90. The molecule has 2 aliphatic rings. The van der Waals surface area contributed by atoms with E-state index in [0.717, 1.165) is 48.6 Å². The van der Waals surface area contributed by atoms with Crippen LogP contribution >= 0.6 is 0 Å². The molecule has 0 radical (unpaired) electrons. The molecule has 1 amide bonds. The molecule has 1 aliphatic heterocycles. The second-order valence-corrected chi connectivity index (χ2v) is 9.12. The van der Waals surface area contributed by atoms with Gasteiger partial charge in [-0.15, -0.1) is 0 Å². The lowest BCUT2D eigenvalue weighted by molar-refractivity contribution is 0.0964.